The van der Waals surface area contributed by atoms with Crippen LogP contribution in [0.15, 0.2) is 59.6 Å². The van der Waals surface area contributed by atoms with Crippen LogP contribution in [0.5, 0.6) is 0 Å². The van der Waals surface area contributed by atoms with Gasteiger partial charge in [-0.2, -0.15) is 0 Å². The number of hydrogen-bond acceptors (Lipinski definition) is 2. The van der Waals surface area contributed by atoms with Gasteiger partial charge in [0.1, 0.15) is 12.4 Å². The molecule has 3 rings (SSSR count). The van der Waals surface area contributed by atoms with E-state index in [-0.39, 0.29) is 5.41 Å². The molecule has 2 N–H and O–H groups in total. The maximum absolute atomic E-state index is 4.75. The van der Waals surface area contributed by atoms with E-state index in [1.165, 1.54) is 5.56 Å². The van der Waals surface area contributed by atoms with Crippen LogP contribution in [0.4, 0.5) is 0 Å². The molecule has 5 heteroatoms. The second kappa shape index (κ2) is 8.25. The fraction of sp³-hybridized carbons (Fsp3) is 0.364. The summed E-state index contributed by atoms with van der Waals surface area (Å²) >= 11 is 0. The van der Waals surface area contributed by atoms with E-state index in [1.54, 1.807) is 0 Å². The van der Waals surface area contributed by atoms with Crippen molar-refractivity contribution in [1.82, 2.24) is 20.2 Å². The number of nitrogens with one attached hydrogen (secondary N) is 2. The zero-order valence-corrected chi connectivity index (χ0v) is 16.7. The van der Waals surface area contributed by atoms with Gasteiger partial charge in [0, 0.05) is 25.6 Å². The minimum Gasteiger partial charge on any atom is -0.357 e. The topological polar surface area (TPSA) is 54.2 Å². The first kappa shape index (κ1) is 19.0. The minimum atomic E-state index is 0.00928. The lowest BCUT2D eigenvalue weighted by atomic mass is 9.85. The summed E-state index contributed by atoms with van der Waals surface area (Å²) in [5, 5.41) is 6.82. The lowest BCUT2D eigenvalue weighted by Crippen LogP contribution is -2.43. The van der Waals surface area contributed by atoms with Crippen LogP contribution in [0.3, 0.4) is 0 Å². The highest BCUT2D eigenvalue weighted by Gasteiger charge is 2.20. The molecular weight excluding hydrogens is 334 g/mol. The van der Waals surface area contributed by atoms with Gasteiger partial charge in [-0.15, -0.1) is 0 Å². The maximum atomic E-state index is 4.75. The maximum Gasteiger partial charge on any atom is 0.191 e. The molecule has 0 atom stereocenters. The first-order chi connectivity index (χ1) is 13.0. The Morgan fingerprint density at radius 3 is 2.44 bits per heavy atom. The summed E-state index contributed by atoms with van der Waals surface area (Å²) in [6.45, 7) is 8.71. The third-order valence-electron chi connectivity index (χ3n) is 4.86. The van der Waals surface area contributed by atoms with Crippen molar-refractivity contribution in [2.24, 2.45) is 12.0 Å². The Balaban J connectivity index is 1.72. The molecule has 27 heavy (non-hydrogen) atoms. The highest BCUT2D eigenvalue weighted by atomic mass is 15.2. The second-order valence-electron chi connectivity index (χ2n) is 7.37. The van der Waals surface area contributed by atoms with Crippen LogP contribution in [0.1, 0.15) is 32.2 Å². The number of para-hydroxylation sites is 2. The molecule has 0 bridgehead atoms. The lowest BCUT2D eigenvalue weighted by molar-refractivity contribution is 0.508. The van der Waals surface area contributed by atoms with Crippen LogP contribution in [0.2, 0.25) is 0 Å². The monoisotopic (exact) mass is 363 g/mol. The Labute approximate surface area is 161 Å². The lowest BCUT2D eigenvalue weighted by Gasteiger charge is -2.26. The molecule has 0 saturated carbocycles. The summed E-state index contributed by atoms with van der Waals surface area (Å²) in [5.41, 5.74) is 3.46. The fourth-order valence-corrected chi connectivity index (χ4v) is 3.12. The van der Waals surface area contributed by atoms with E-state index >= 15 is 0 Å². The summed E-state index contributed by atoms with van der Waals surface area (Å²) in [5.74, 6) is 1.77. The van der Waals surface area contributed by atoms with Crippen molar-refractivity contribution in [2.45, 2.75) is 32.7 Å². The second-order valence-corrected chi connectivity index (χ2v) is 7.37. The molecule has 3 aromatic rings. The van der Waals surface area contributed by atoms with Gasteiger partial charge < -0.3 is 15.2 Å². The largest absolute Gasteiger partial charge is 0.357 e. The van der Waals surface area contributed by atoms with Crippen LogP contribution in [-0.2, 0) is 19.0 Å². The van der Waals surface area contributed by atoms with Gasteiger partial charge in [0.25, 0.3) is 0 Å². The third-order valence-corrected chi connectivity index (χ3v) is 4.86. The first-order valence-corrected chi connectivity index (χ1v) is 9.49. The molecule has 0 saturated heterocycles. The van der Waals surface area contributed by atoms with Crippen LogP contribution in [-0.4, -0.2) is 28.6 Å². The average molecular weight is 364 g/mol. The van der Waals surface area contributed by atoms with Crippen LogP contribution >= 0.6 is 0 Å². The van der Waals surface area contributed by atoms with Crippen molar-refractivity contribution >= 4 is 17.0 Å². The zero-order valence-electron chi connectivity index (χ0n) is 16.7. The Morgan fingerprint density at radius 1 is 1.04 bits per heavy atom. The molecule has 0 radical (unpaired) electrons. The highest BCUT2D eigenvalue weighted by molar-refractivity contribution is 5.80. The molecule has 1 heterocycles. The standard InChI is InChI=1S/C22H29N5/c1-5-23-21(25-16-22(2,3)17-11-7-6-8-12-17)24-15-20-26-18-13-9-10-14-19(18)27(20)4/h6-14H,5,15-16H2,1-4H3,(H2,23,24,25). The molecule has 0 aliphatic heterocycles. The number of fused-ring (bicyclic) bond motifs is 1. The Morgan fingerprint density at radius 2 is 1.74 bits per heavy atom. The van der Waals surface area contributed by atoms with E-state index in [2.05, 4.69) is 72.4 Å². The van der Waals surface area contributed by atoms with Gasteiger partial charge in [-0.25, -0.2) is 9.98 Å². The molecule has 0 spiro atoms. The highest BCUT2D eigenvalue weighted by Crippen LogP contribution is 2.21. The van der Waals surface area contributed by atoms with Crippen molar-refractivity contribution in [3.8, 4) is 0 Å². The molecule has 0 unspecified atom stereocenters. The normalized spacial score (nSPS) is 12.4. The number of imidazole rings is 1. The smallest absolute Gasteiger partial charge is 0.191 e. The van der Waals surface area contributed by atoms with E-state index in [4.69, 9.17) is 9.98 Å². The predicted octanol–water partition coefficient (Wildman–Crippen LogP) is 3.61. The Bertz CT molecular complexity index is 909. The molecule has 1 aromatic heterocycles. The van der Waals surface area contributed by atoms with Gasteiger partial charge in [0.15, 0.2) is 5.96 Å². The number of aryl methyl sites for hydroxylation is 1. The van der Waals surface area contributed by atoms with Gasteiger partial charge in [0.05, 0.1) is 11.0 Å². The van der Waals surface area contributed by atoms with Gasteiger partial charge in [-0.3, -0.25) is 0 Å². The molecule has 0 amide bonds. The molecule has 2 aromatic carbocycles. The van der Waals surface area contributed by atoms with Crippen molar-refractivity contribution < 1.29 is 0 Å². The van der Waals surface area contributed by atoms with Crippen LogP contribution in [0.25, 0.3) is 11.0 Å². The van der Waals surface area contributed by atoms with Crippen LogP contribution < -0.4 is 10.6 Å². The summed E-state index contributed by atoms with van der Waals surface area (Å²) in [4.78, 5) is 9.45. The number of benzene rings is 2. The number of nitrogens with zero attached hydrogens (tertiary/aromatic N) is 3. The number of guanidine groups is 1. The summed E-state index contributed by atoms with van der Waals surface area (Å²) < 4.78 is 2.11. The number of aromatic nitrogens is 2. The predicted molar refractivity (Wildman–Crippen MR) is 113 cm³/mol. The van der Waals surface area contributed by atoms with E-state index in [0.29, 0.717) is 6.54 Å². The number of aliphatic imine (C=N–C) groups is 1. The van der Waals surface area contributed by atoms with Crippen molar-refractivity contribution in [3.05, 3.63) is 66.0 Å². The fourth-order valence-electron chi connectivity index (χ4n) is 3.12. The zero-order chi connectivity index (χ0) is 19.3. The quantitative estimate of drug-likeness (QED) is 0.520. The van der Waals surface area contributed by atoms with Crippen molar-refractivity contribution in [3.63, 3.8) is 0 Å². The van der Waals surface area contributed by atoms with E-state index in [9.17, 15) is 0 Å². The van der Waals surface area contributed by atoms with Crippen molar-refractivity contribution in [2.75, 3.05) is 13.1 Å². The summed E-state index contributed by atoms with van der Waals surface area (Å²) in [6.07, 6.45) is 0. The molecule has 0 fully saturated rings. The van der Waals surface area contributed by atoms with Gasteiger partial charge in [-0.1, -0.05) is 56.3 Å². The molecule has 5 nitrogen and oxygen atoms in total. The molecule has 0 aliphatic rings. The molecular formula is C22H29N5. The Kier molecular flexibility index (Phi) is 5.79. The molecule has 142 valence electrons. The van der Waals surface area contributed by atoms with Gasteiger partial charge in [0.2, 0.25) is 0 Å². The summed E-state index contributed by atoms with van der Waals surface area (Å²) in [6, 6.07) is 18.7. The first-order valence-electron chi connectivity index (χ1n) is 9.49. The Hall–Kier alpha value is -2.82. The van der Waals surface area contributed by atoms with E-state index in [0.717, 1.165) is 35.9 Å². The van der Waals surface area contributed by atoms with Gasteiger partial charge >= 0.3 is 0 Å². The van der Waals surface area contributed by atoms with Crippen molar-refractivity contribution in [1.29, 1.82) is 0 Å². The average Bonchev–Trinajstić information content (AvgIpc) is 3.01. The van der Waals surface area contributed by atoms with Crippen LogP contribution in [0, 0.1) is 0 Å². The number of hydrogen-bond donors (Lipinski definition) is 2. The summed E-state index contributed by atoms with van der Waals surface area (Å²) in [7, 11) is 2.04. The van der Waals surface area contributed by atoms with Gasteiger partial charge in [-0.05, 0) is 24.6 Å². The number of rotatable bonds is 6. The minimum absolute atomic E-state index is 0.00928. The third kappa shape index (κ3) is 4.48. The van der Waals surface area contributed by atoms with E-state index < -0.39 is 0 Å². The van der Waals surface area contributed by atoms with E-state index in [1.807, 2.05) is 25.2 Å². The SMILES string of the molecule is CCNC(=NCc1nc2ccccc2n1C)NCC(C)(C)c1ccccc1. The molecule has 0 aliphatic carbocycles.